The number of anilines is 1. The van der Waals surface area contributed by atoms with Crippen molar-refractivity contribution in [2.24, 2.45) is 0 Å². The molecule has 1 N–H and O–H groups in total. The van der Waals surface area contributed by atoms with Crippen LogP contribution >= 0.6 is 0 Å². The monoisotopic (exact) mass is 245 g/mol. The summed E-state index contributed by atoms with van der Waals surface area (Å²) < 4.78 is 6.88. The Bertz CT molecular complexity index is 490. The summed E-state index contributed by atoms with van der Waals surface area (Å²) in [6, 6.07) is 4.42. The molecule has 1 fully saturated rings. The Morgan fingerprint density at radius 3 is 2.89 bits per heavy atom. The maximum atomic E-state index is 5.25. The molecule has 0 aromatic carbocycles. The molecule has 18 heavy (non-hydrogen) atoms. The normalized spacial score (nSPS) is 22.5. The van der Waals surface area contributed by atoms with E-state index in [-0.39, 0.29) is 0 Å². The zero-order chi connectivity index (χ0) is 12.4. The van der Waals surface area contributed by atoms with Gasteiger partial charge >= 0.3 is 0 Å². The highest BCUT2D eigenvalue weighted by Crippen LogP contribution is 2.26. The van der Waals surface area contributed by atoms with Crippen LogP contribution in [0.3, 0.4) is 0 Å². The van der Waals surface area contributed by atoms with E-state index < -0.39 is 0 Å². The van der Waals surface area contributed by atoms with Crippen LogP contribution in [-0.4, -0.2) is 39.0 Å². The molecule has 0 saturated heterocycles. The van der Waals surface area contributed by atoms with Crippen LogP contribution < -0.4 is 5.32 Å². The van der Waals surface area contributed by atoms with Crippen molar-refractivity contribution in [2.45, 2.75) is 25.0 Å². The minimum Gasteiger partial charge on any atom is -0.381 e. The molecule has 2 aromatic heterocycles. The molecule has 94 valence electrons. The van der Waals surface area contributed by atoms with Crippen molar-refractivity contribution >= 4 is 5.69 Å². The van der Waals surface area contributed by atoms with E-state index in [1.54, 1.807) is 18.1 Å². The fraction of sp³-hybridized carbons (Fsp3) is 0.417. The number of pyridine rings is 1. The van der Waals surface area contributed by atoms with Crippen LogP contribution in [0, 0.1) is 0 Å². The van der Waals surface area contributed by atoms with E-state index in [1.807, 2.05) is 18.3 Å². The number of ether oxygens (including phenoxy) is 1. The third-order valence-electron chi connectivity index (χ3n) is 3.20. The fourth-order valence-corrected chi connectivity index (χ4v) is 2.05. The predicted octanol–water partition coefficient (Wildman–Crippen LogP) is 1.25. The van der Waals surface area contributed by atoms with E-state index in [0.717, 1.165) is 24.3 Å². The van der Waals surface area contributed by atoms with Gasteiger partial charge in [-0.25, -0.2) is 14.6 Å². The Kier molecular flexibility index (Phi) is 2.93. The third-order valence-corrected chi connectivity index (χ3v) is 3.20. The second kappa shape index (κ2) is 4.73. The van der Waals surface area contributed by atoms with E-state index in [1.165, 1.54) is 6.33 Å². The molecule has 0 amide bonds. The summed E-state index contributed by atoms with van der Waals surface area (Å²) in [4.78, 5) is 8.23. The topological polar surface area (TPSA) is 64.9 Å². The Morgan fingerprint density at radius 2 is 2.28 bits per heavy atom. The van der Waals surface area contributed by atoms with Crippen molar-refractivity contribution in [3.05, 3.63) is 31.0 Å². The Morgan fingerprint density at radius 1 is 1.39 bits per heavy atom. The second-order valence-corrected chi connectivity index (χ2v) is 4.42. The molecule has 6 nitrogen and oxygen atoms in total. The summed E-state index contributed by atoms with van der Waals surface area (Å²) in [5.74, 6) is 0.765. The van der Waals surface area contributed by atoms with Gasteiger partial charge in [-0.3, -0.25) is 0 Å². The molecule has 2 heterocycles. The molecular formula is C12H15N5O. The van der Waals surface area contributed by atoms with Gasteiger partial charge in [0, 0.05) is 13.2 Å². The van der Waals surface area contributed by atoms with Crippen LogP contribution in [0.4, 0.5) is 5.69 Å². The molecule has 2 aromatic rings. The highest BCUT2D eigenvalue weighted by molar-refractivity contribution is 5.44. The summed E-state index contributed by atoms with van der Waals surface area (Å²) in [5.41, 5.74) is 1.03. The minimum atomic E-state index is 0.407. The Labute approximate surface area is 105 Å². The van der Waals surface area contributed by atoms with Gasteiger partial charge in [0.2, 0.25) is 0 Å². The summed E-state index contributed by atoms with van der Waals surface area (Å²) in [6.45, 7) is 0. The van der Waals surface area contributed by atoms with Crippen molar-refractivity contribution in [2.75, 3.05) is 12.4 Å². The van der Waals surface area contributed by atoms with Gasteiger partial charge in [0.05, 0.1) is 18.0 Å². The molecule has 0 radical (unpaired) electrons. The lowest BCUT2D eigenvalue weighted by Crippen LogP contribution is -2.40. The molecule has 0 spiro atoms. The van der Waals surface area contributed by atoms with Gasteiger partial charge in [0.15, 0.2) is 5.82 Å². The van der Waals surface area contributed by atoms with E-state index in [9.17, 15) is 0 Å². The molecule has 0 unspecified atom stereocenters. The SMILES string of the molecule is COC1CC(Nc2ccc(-n3cncn3)nc2)C1. The van der Waals surface area contributed by atoms with Crippen LogP contribution in [-0.2, 0) is 4.74 Å². The standard InChI is InChI=1S/C12H15N5O/c1-18-11-4-10(5-11)16-9-2-3-12(14-6-9)17-8-13-7-15-17/h2-3,6-8,10-11,16H,4-5H2,1H3. The highest BCUT2D eigenvalue weighted by Gasteiger charge is 2.28. The highest BCUT2D eigenvalue weighted by atomic mass is 16.5. The average Bonchev–Trinajstić information content (AvgIpc) is 2.88. The number of rotatable bonds is 4. The van der Waals surface area contributed by atoms with Gasteiger partial charge < -0.3 is 10.1 Å². The molecule has 1 aliphatic rings. The smallest absolute Gasteiger partial charge is 0.155 e. The van der Waals surface area contributed by atoms with Crippen molar-refractivity contribution in [1.29, 1.82) is 0 Å². The van der Waals surface area contributed by atoms with Crippen molar-refractivity contribution < 1.29 is 4.74 Å². The number of aromatic nitrogens is 4. The fourth-order valence-electron chi connectivity index (χ4n) is 2.05. The molecule has 0 bridgehead atoms. The minimum absolute atomic E-state index is 0.407. The van der Waals surface area contributed by atoms with Crippen molar-refractivity contribution in [3.8, 4) is 5.82 Å². The molecule has 1 aliphatic carbocycles. The van der Waals surface area contributed by atoms with Gasteiger partial charge in [-0.1, -0.05) is 0 Å². The number of methoxy groups -OCH3 is 1. The van der Waals surface area contributed by atoms with Crippen LogP contribution in [0.2, 0.25) is 0 Å². The summed E-state index contributed by atoms with van der Waals surface area (Å²) in [6.07, 6.45) is 7.46. The van der Waals surface area contributed by atoms with Crippen LogP contribution in [0.5, 0.6) is 0 Å². The number of nitrogens with one attached hydrogen (secondary N) is 1. The van der Waals surface area contributed by atoms with Gasteiger partial charge in [0.25, 0.3) is 0 Å². The number of nitrogens with zero attached hydrogens (tertiary/aromatic N) is 4. The van der Waals surface area contributed by atoms with E-state index in [4.69, 9.17) is 4.74 Å². The van der Waals surface area contributed by atoms with Crippen LogP contribution in [0.1, 0.15) is 12.8 Å². The molecule has 1 saturated carbocycles. The quantitative estimate of drug-likeness (QED) is 0.878. The maximum Gasteiger partial charge on any atom is 0.155 e. The number of hydrogen-bond acceptors (Lipinski definition) is 5. The first kappa shape index (κ1) is 11.2. The number of hydrogen-bond donors (Lipinski definition) is 1. The second-order valence-electron chi connectivity index (χ2n) is 4.42. The van der Waals surface area contributed by atoms with Crippen molar-refractivity contribution in [3.63, 3.8) is 0 Å². The zero-order valence-corrected chi connectivity index (χ0v) is 10.2. The van der Waals surface area contributed by atoms with E-state index in [0.29, 0.717) is 12.1 Å². The lowest BCUT2D eigenvalue weighted by Gasteiger charge is -2.35. The average molecular weight is 245 g/mol. The summed E-state index contributed by atoms with van der Waals surface area (Å²) in [5, 5.41) is 7.46. The molecule has 6 heteroatoms. The van der Waals surface area contributed by atoms with Crippen LogP contribution in [0.25, 0.3) is 5.82 Å². The first-order valence-electron chi connectivity index (χ1n) is 5.95. The molecule has 0 aliphatic heterocycles. The van der Waals surface area contributed by atoms with Gasteiger partial charge in [-0.15, -0.1) is 0 Å². The van der Waals surface area contributed by atoms with Crippen LogP contribution in [0.15, 0.2) is 31.0 Å². The van der Waals surface area contributed by atoms with E-state index in [2.05, 4.69) is 20.4 Å². The maximum absolute atomic E-state index is 5.25. The third kappa shape index (κ3) is 2.19. The van der Waals surface area contributed by atoms with E-state index >= 15 is 0 Å². The summed E-state index contributed by atoms with van der Waals surface area (Å²) in [7, 11) is 1.76. The van der Waals surface area contributed by atoms with Gasteiger partial charge in [-0.2, -0.15) is 5.10 Å². The largest absolute Gasteiger partial charge is 0.381 e. The lowest BCUT2D eigenvalue weighted by atomic mass is 9.89. The first-order valence-corrected chi connectivity index (χ1v) is 5.95. The first-order chi connectivity index (χ1) is 8.85. The Hall–Kier alpha value is -1.95. The molecular weight excluding hydrogens is 230 g/mol. The zero-order valence-electron chi connectivity index (χ0n) is 10.2. The molecule has 3 rings (SSSR count). The summed E-state index contributed by atoms with van der Waals surface area (Å²) >= 11 is 0. The predicted molar refractivity (Wildman–Crippen MR) is 66.6 cm³/mol. The van der Waals surface area contributed by atoms with Gasteiger partial charge in [-0.05, 0) is 25.0 Å². The molecule has 0 atom stereocenters. The van der Waals surface area contributed by atoms with Gasteiger partial charge in [0.1, 0.15) is 12.7 Å². The lowest BCUT2D eigenvalue weighted by molar-refractivity contribution is 0.0328. The van der Waals surface area contributed by atoms with Crippen molar-refractivity contribution in [1.82, 2.24) is 19.7 Å². The Balaban J connectivity index is 1.62.